The highest BCUT2D eigenvalue weighted by atomic mass is 35.5. The van der Waals surface area contributed by atoms with E-state index >= 15 is 0 Å². The number of rotatable bonds is 4. The number of hydrogen-bond acceptors (Lipinski definition) is 3. The van der Waals surface area contributed by atoms with Crippen molar-refractivity contribution in [1.29, 1.82) is 0 Å². The van der Waals surface area contributed by atoms with Crippen LogP contribution in [0, 0.1) is 0 Å². The fraction of sp³-hybridized carbons (Fsp3) is 0.286. The second kappa shape index (κ2) is 6.66. The van der Waals surface area contributed by atoms with Gasteiger partial charge in [-0.2, -0.15) is 0 Å². The molecule has 1 atom stereocenters. The maximum Gasteiger partial charge on any atom is 0.0484 e. The third kappa shape index (κ3) is 3.63. The quantitative estimate of drug-likeness (QED) is 0.719. The van der Waals surface area contributed by atoms with Crippen LogP contribution in [0.15, 0.2) is 60.9 Å². The van der Waals surface area contributed by atoms with E-state index in [4.69, 9.17) is 11.6 Å². The molecule has 1 aliphatic rings. The summed E-state index contributed by atoms with van der Waals surface area (Å²) in [4.78, 5) is 6.73. The molecule has 1 aliphatic heterocycles. The lowest BCUT2D eigenvalue weighted by Crippen LogP contribution is -2.38. The summed E-state index contributed by atoms with van der Waals surface area (Å²) in [6.45, 7) is 5.40. The van der Waals surface area contributed by atoms with E-state index in [1.54, 1.807) is 0 Å². The van der Waals surface area contributed by atoms with Crippen LogP contribution in [-0.4, -0.2) is 28.5 Å². The van der Waals surface area contributed by atoms with Gasteiger partial charge in [-0.1, -0.05) is 35.9 Å². The number of fused-ring (bicyclic) bond motifs is 1. The first-order valence-electron chi connectivity index (χ1n) is 8.69. The van der Waals surface area contributed by atoms with Gasteiger partial charge in [-0.05, 0) is 43.2 Å². The van der Waals surface area contributed by atoms with E-state index in [2.05, 4.69) is 58.5 Å². The molecular formula is C21H22ClN3. The van der Waals surface area contributed by atoms with Gasteiger partial charge in [0.1, 0.15) is 0 Å². The number of benzene rings is 2. The van der Waals surface area contributed by atoms with Crippen LogP contribution in [-0.2, 0) is 6.54 Å². The predicted octanol–water partition coefficient (Wildman–Crippen LogP) is 4.96. The van der Waals surface area contributed by atoms with Gasteiger partial charge >= 0.3 is 0 Å². The van der Waals surface area contributed by atoms with Crippen molar-refractivity contribution in [3.63, 3.8) is 0 Å². The summed E-state index contributed by atoms with van der Waals surface area (Å²) in [6, 6.07) is 16.6. The molecule has 2 heterocycles. The number of hydrogen-bond donors (Lipinski definition) is 1. The van der Waals surface area contributed by atoms with E-state index < -0.39 is 0 Å². The van der Waals surface area contributed by atoms with Crippen molar-refractivity contribution in [2.24, 2.45) is 0 Å². The van der Waals surface area contributed by atoms with Crippen molar-refractivity contribution in [3.05, 3.63) is 71.5 Å². The highest BCUT2D eigenvalue weighted by Crippen LogP contribution is 2.30. The lowest BCUT2D eigenvalue weighted by atomic mass is 10.00. The molecule has 0 radical (unpaired) electrons. The summed E-state index contributed by atoms with van der Waals surface area (Å²) in [6.07, 6.45) is 4.91. The number of likely N-dealkylation sites (tertiary alicyclic amines) is 1. The topological polar surface area (TPSA) is 28.2 Å². The molecule has 1 N–H and O–H groups in total. The van der Waals surface area contributed by atoms with E-state index in [9.17, 15) is 0 Å². The Morgan fingerprint density at radius 1 is 1.16 bits per heavy atom. The molecule has 0 amide bonds. The predicted molar refractivity (Wildman–Crippen MR) is 105 cm³/mol. The second-order valence-corrected chi connectivity index (χ2v) is 7.61. The molecule has 1 saturated heterocycles. The molecule has 0 aliphatic carbocycles. The van der Waals surface area contributed by atoms with Crippen molar-refractivity contribution in [1.82, 2.24) is 9.88 Å². The maximum absolute atomic E-state index is 5.98. The Hall–Kier alpha value is -2.10. The minimum absolute atomic E-state index is 0.0734. The Morgan fingerprint density at radius 3 is 2.84 bits per heavy atom. The third-order valence-corrected chi connectivity index (χ3v) is 5.24. The summed E-state index contributed by atoms with van der Waals surface area (Å²) < 4.78 is 0. The monoisotopic (exact) mass is 351 g/mol. The summed E-state index contributed by atoms with van der Waals surface area (Å²) in [5, 5.41) is 6.99. The van der Waals surface area contributed by atoms with Crippen molar-refractivity contribution >= 4 is 28.1 Å². The molecule has 0 bridgehead atoms. The smallest absolute Gasteiger partial charge is 0.0484 e. The standard InChI is InChI=1S/C21H22ClN3/c1-21(24-20-4-2-3-17-13-23-11-9-19(17)20)10-12-25(15-21)14-16-5-7-18(22)8-6-16/h2-9,11,13,24H,10,12,14-15H2,1H3/t21-/m1/s1. The molecule has 0 spiro atoms. The zero-order valence-electron chi connectivity index (χ0n) is 14.4. The molecule has 128 valence electrons. The molecule has 0 unspecified atom stereocenters. The highest BCUT2D eigenvalue weighted by molar-refractivity contribution is 6.30. The van der Waals surface area contributed by atoms with E-state index in [0.29, 0.717) is 0 Å². The van der Waals surface area contributed by atoms with E-state index in [0.717, 1.165) is 31.1 Å². The van der Waals surface area contributed by atoms with Crippen molar-refractivity contribution in [2.45, 2.75) is 25.4 Å². The Kier molecular flexibility index (Phi) is 4.36. The Morgan fingerprint density at radius 2 is 2.00 bits per heavy atom. The number of anilines is 1. The highest BCUT2D eigenvalue weighted by Gasteiger charge is 2.33. The maximum atomic E-state index is 5.98. The molecule has 0 saturated carbocycles. The van der Waals surface area contributed by atoms with Crippen molar-refractivity contribution in [3.8, 4) is 0 Å². The Labute approximate surface area is 153 Å². The first-order chi connectivity index (χ1) is 12.1. The van der Waals surface area contributed by atoms with Crippen LogP contribution >= 0.6 is 11.6 Å². The van der Waals surface area contributed by atoms with Crippen LogP contribution < -0.4 is 5.32 Å². The van der Waals surface area contributed by atoms with Gasteiger partial charge in [-0.3, -0.25) is 9.88 Å². The lowest BCUT2D eigenvalue weighted by Gasteiger charge is -2.28. The number of nitrogens with one attached hydrogen (secondary N) is 1. The minimum Gasteiger partial charge on any atom is -0.378 e. The van der Waals surface area contributed by atoms with Crippen LogP contribution in [0.4, 0.5) is 5.69 Å². The molecule has 1 aromatic heterocycles. The summed E-state index contributed by atoms with van der Waals surface area (Å²) in [5.74, 6) is 0. The number of pyridine rings is 1. The van der Waals surface area contributed by atoms with E-state index in [-0.39, 0.29) is 5.54 Å². The van der Waals surface area contributed by atoms with E-state index in [1.165, 1.54) is 22.0 Å². The van der Waals surface area contributed by atoms with Crippen LogP contribution in [0.5, 0.6) is 0 Å². The van der Waals surface area contributed by atoms with Crippen molar-refractivity contribution in [2.75, 3.05) is 18.4 Å². The SMILES string of the molecule is C[C@@]1(Nc2cccc3cnccc23)CCN(Cc2ccc(Cl)cc2)C1. The molecule has 4 heteroatoms. The summed E-state index contributed by atoms with van der Waals surface area (Å²) >= 11 is 5.98. The summed E-state index contributed by atoms with van der Waals surface area (Å²) in [7, 11) is 0. The normalized spacial score (nSPS) is 20.9. The average Bonchev–Trinajstić information content (AvgIpc) is 2.98. The molecule has 1 fully saturated rings. The first-order valence-corrected chi connectivity index (χ1v) is 9.07. The second-order valence-electron chi connectivity index (χ2n) is 7.18. The van der Waals surface area contributed by atoms with Gasteiger partial charge in [0.05, 0.1) is 0 Å². The van der Waals surface area contributed by atoms with Gasteiger partial charge in [-0.15, -0.1) is 0 Å². The van der Waals surface area contributed by atoms with Gasteiger partial charge in [0.2, 0.25) is 0 Å². The average molecular weight is 352 g/mol. The molecule has 3 aromatic rings. The fourth-order valence-corrected chi connectivity index (χ4v) is 3.82. The van der Waals surface area contributed by atoms with Crippen LogP contribution in [0.2, 0.25) is 5.02 Å². The molecule has 2 aromatic carbocycles. The number of nitrogens with zero attached hydrogens (tertiary/aromatic N) is 2. The van der Waals surface area contributed by atoms with Gasteiger partial charge in [0, 0.05) is 59.0 Å². The van der Waals surface area contributed by atoms with Gasteiger partial charge in [0.25, 0.3) is 0 Å². The Bertz CT molecular complexity index is 872. The zero-order valence-corrected chi connectivity index (χ0v) is 15.1. The van der Waals surface area contributed by atoms with Gasteiger partial charge in [0.15, 0.2) is 0 Å². The molecular weight excluding hydrogens is 330 g/mol. The Balaban J connectivity index is 1.48. The van der Waals surface area contributed by atoms with Gasteiger partial charge in [-0.25, -0.2) is 0 Å². The first kappa shape index (κ1) is 16.4. The summed E-state index contributed by atoms with van der Waals surface area (Å²) in [5.41, 5.74) is 2.57. The third-order valence-electron chi connectivity index (χ3n) is 4.99. The zero-order chi connectivity index (χ0) is 17.3. The molecule has 3 nitrogen and oxygen atoms in total. The van der Waals surface area contributed by atoms with E-state index in [1.807, 2.05) is 24.5 Å². The fourth-order valence-electron chi connectivity index (χ4n) is 3.70. The molecule has 25 heavy (non-hydrogen) atoms. The largest absolute Gasteiger partial charge is 0.378 e. The number of aromatic nitrogens is 1. The lowest BCUT2D eigenvalue weighted by molar-refractivity contribution is 0.315. The van der Waals surface area contributed by atoms with Crippen molar-refractivity contribution < 1.29 is 0 Å². The minimum atomic E-state index is 0.0734. The van der Waals surface area contributed by atoms with Gasteiger partial charge < -0.3 is 5.32 Å². The molecule has 4 rings (SSSR count). The number of halogens is 1. The van der Waals surface area contributed by atoms with Crippen LogP contribution in [0.3, 0.4) is 0 Å². The van der Waals surface area contributed by atoms with Crippen LogP contribution in [0.1, 0.15) is 18.9 Å². The van der Waals surface area contributed by atoms with Crippen LogP contribution in [0.25, 0.3) is 10.8 Å².